The van der Waals surface area contributed by atoms with Gasteiger partial charge in [-0.15, -0.1) is 21.5 Å². The van der Waals surface area contributed by atoms with Crippen molar-refractivity contribution >= 4 is 45.5 Å². The zero-order chi connectivity index (χ0) is 20.1. The summed E-state index contributed by atoms with van der Waals surface area (Å²) >= 11 is 4.32. The molecule has 4 rings (SSSR count). The summed E-state index contributed by atoms with van der Waals surface area (Å²) in [5, 5.41) is 14.1. The summed E-state index contributed by atoms with van der Waals surface area (Å²) in [5.41, 5.74) is 2.76. The Balaban J connectivity index is 1.30. The first-order chi connectivity index (χ1) is 14.2. The van der Waals surface area contributed by atoms with Crippen LogP contribution >= 0.6 is 34.4 Å². The summed E-state index contributed by atoms with van der Waals surface area (Å²) in [7, 11) is 0. The molecule has 0 spiro atoms. The van der Waals surface area contributed by atoms with E-state index in [1.54, 1.807) is 12.1 Å². The molecule has 9 heteroatoms. The van der Waals surface area contributed by atoms with Crippen molar-refractivity contribution in [1.29, 1.82) is 0 Å². The number of thiazole rings is 1. The van der Waals surface area contributed by atoms with E-state index >= 15 is 0 Å². The minimum Gasteiger partial charge on any atom is -0.300 e. The van der Waals surface area contributed by atoms with Crippen LogP contribution in [0.2, 0.25) is 0 Å². The number of nitrogens with one attached hydrogen (secondary N) is 1. The van der Waals surface area contributed by atoms with Gasteiger partial charge in [0.15, 0.2) is 4.34 Å². The van der Waals surface area contributed by atoms with E-state index in [4.69, 9.17) is 0 Å². The number of carbonyl (C=O) groups is 1. The van der Waals surface area contributed by atoms with E-state index in [0.29, 0.717) is 10.9 Å². The van der Waals surface area contributed by atoms with E-state index in [2.05, 4.69) is 20.5 Å². The summed E-state index contributed by atoms with van der Waals surface area (Å²) in [5.74, 6) is 0.223. The number of nitrogens with zero attached hydrogens (tertiary/aromatic N) is 3. The van der Waals surface area contributed by atoms with E-state index < -0.39 is 0 Å². The molecular formula is C20H15FN4OS3. The van der Waals surface area contributed by atoms with Crippen molar-refractivity contribution in [3.05, 3.63) is 77.1 Å². The molecule has 5 nitrogen and oxygen atoms in total. The Kier molecular flexibility index (Phi) is 6.28. The van der Waals surface area contributed by atoms with Crippen molar-refractivity contribution in [1.82, 2.24) is 15.2 Å². The maximum atomic E-state index is 12.9. The van der Waals surface area contributed by atoms with Gasteiger partial charge in [-0.1, -0.05) is 65.6 Å². The molecule has 0 aliphatic rings. The maximum absolute atomic E-state index is 12.9. The highest BCUT2D eigenvalue weighted by atomic mass is 32.2. The fourth-order valence-corrected chi connectivity index (χ4v) is 5.02. The topological polar surface area (TPSA) is 67.8 Å². The molecule has 0 saturated heterocycles. The number of rotatable bonds is 7. The fourth-order valence-electron chi connectivity index (χ4n) is 2.47. The SMILES string of the molecule is O=C(Cc1csc(-c2ccccc2)n1)Nc1nnc(SCc2ccc(F)cc2)s1. The summed E-state index contributed by atoms with van der Waals surface area (Å²) in [6, 6.07) is 16.2. The fraction of sp³-hybridized carbons (Fsp3) is 0.100. The van der Waals surface area contributed by atoms with Gasteiger partial charge in [-0.05, 0) is 17.7 Å². The van der Waals surface area contributed by atoms with Gasteiger partial charge in [0.05, 0.1) is 12.1 Å². The summed E-state index contributed by atoms with van der Waals surface area (Å²) < 4.78 is 13.7. The van der Waals surface area contributed by atoms with Crippen molar-refractivity contribution < 1.29 is 9.18 Å². The van der Waals surface area contributed by atoms with E-state index in [1.807, 2.05) is 35.7 Å². The molecule has 4 aromatic rings. The molecule has 0 bridgehead atoms. The van der Waals surface area contributed by atoms with Crippen LogP contribution < -0.4 is 5.32 Å². The van der Waals surface area contributed by atoms with E-state index in [-0.39, 0.29) is 18.1 Å². The number of thioether (sulfide) groups is 1. The first-order valence-corrected chi connectivity index (χ1v) is 11.3. The standard InChI is InChI=1S/C20H15FN4OS3/c21-15-8-6-13(7-9-15)11-28-20-25-24-19(29-20)23-17(26)10-16-12-27-18(22-16)14-4-2-1-3-5-14/h1-9,12H,10-11H2,(H,23,24,26). The Hall–Kier alpha value is -2.62. The molecule has 0 aliphatic carbocycles. The van der Waals surface area contributed by atoms with Gasteiger partial charge in [-0.25, -0.2) is 9.37 Å². The monoisotopic (exact) mass is 442 g/mol. The average Bonchev–Trinajstić information content (AvgIpc) is 3.38. The van der Waals surface area contributed by atoms with Crippen molar-refractivity contribution in [3.8, 4) is 10.6 Å². The lowest BCUT2D eigenvalue weighted by Crippen LogP contribution is -2.14. The van der Waals surface area contributed by atoms with Gasteiger partial charge in [0.1, 0.15) is 10.8 Å². The molecule has 0 aliphatic heterocycles. The van der Waals surface area contributed by atoms with Crippen LogP contribution in [0, 0.1) is 5.82 Å². The third kappa shape index (κ3) is 5.47. The minimum atomic E-state index is -0.254. The minimum absolute atomic E-state index is 0.179. The van der Waals surface area contributed by atoms with Crippen LogP contribution in [0.4, 0.5) is 9.52 Å². The van der Waals surface area contributed by atoms with Crippen LogP contribution in [0.3, 0.4) is 0 Å². The third-order valence-electron chi connectivity index (χ3n) is 3.84. The molecule has 0 atom stereocenters. The van der Waals surface area contributed by atoms with Gasteiger partial charge >= 0.3 is 0 Å². The molecule has 0 radical (unpaired) electrons. The maximum Gasteiger partial charge on any atom is 0.232 e. The zero-order valence-corrected chi connectivity index (χ0v) is 17.5. The highest BCUT2D eigenvalue weighted by molar-refractivity contribution is 8.00. The number of carbonyl (C=O) groups excluding carboxylic acids is 1. The van der Waals surface area contributed by atoms with Gasteiger partial charge in [-0.2, -0.15) is 0 Å². The van der Waals surface area contributed by atoms with Crippen LogP contribution in [-0.4, -0.2) is 21.1 Å². The zero-order valence-electron chi connectivity index (χ0n) is 15.0. The van der Waals surface area contributed by atoms with Crippen molar-refractivity contribution in [2.45, 2.75) is 16.5 Å². The van der Waals surface area contributed by atoms with Gasteiger partial charge in [-0.3, -0.25) is 4.79 Å². The molecule has 1 N–H and O–H groups in total. The molecule has 0 fully saturated rings. The largest absolute Gasteiger partial charge is 0.300 e. The normalized spacial score (nSPS) is 10.8. The smallest absolute Gasteiger partial charge is 0.232 e. The highest BCUT2D eigenvalue weighted by Crippen LogP contribution is 2.28. The van der Waals surface area contributed by atoms with Crippen LogP contribution in [0.15, 0.2) is 64.3 Å². The predicted octanol–water partition coefficient (Wildman–Crippen LogP) is 5.27. The van der Waals surface area contributed by atoms with Gasteiger partial charge in [0, 0.05) is 16.7 Å². The van der Waals surface area contributed by atoms with E-state index in [9.17, 15) is 9.18 Å². The number of aromatic nitrogens is 3. The van der Waals surface area contributed by atoms with Crippen LogP contribution in [0.25, 0.3) is 10.6 Å². The molecule has 0 unspecified atom stereocenters. The Morgan fingerprint density at radius 1 is 1.07 bits per heavy atom. The Morgan fingerprint density at radius 3 is 2.66 bits per heavy atom. The van der Waals surface area contributed by atoms with Crippen molar-refractivity contribution in [2.75, 3.05) is 5.32 Å². The summed E-state index contributed by atoms with van der Waals surface area (Å²) in [4.78, 5) is 16.8. The Bertz CT molecular complexity index is 1100. The summed E-state index contributed by atoms with van der Waals surface area (Å²) in [6.07, 6.45) is 0.182. The molecule has 146 valence electrons. The van der Waals surface area contributed by atoms with Crippen LogP contribution in [-0.2, 0) is 17.0 Å². The lowest BCUT2D eigenvalue weighted by Gasteiger charge is -1.99. The van der Waals surface area contributed by atoms with Crippen LogP contribution in [0.5, 0.6) is 0 Å². The lowest BCUT2D eigenvalue weighted by molar-refractivity contribution is -0.115. The predicted molar refractivity (Wildman–Crippen MR) is 116 cm³/mol. The molecule has 0 saturated carbocycles. The van der Waals surface area contributed by atoms with Crippen molar-refractivity contribution in [3.63, 3.8) is 0 Å². The second-order valence-electron chi connectivity index (χ2n) is 6.02. The van der Waals surface area contributed by atoms with Crippen molar-refractivity contribution in [2.24, 2.45) is 0 Å². The lowest BCUT2D eigenvalue weighted by atomic mass is 10.2. The van der Waals surface area contributed by atoms with Gasteiger partial charge < -0.3 is 5.32 Å². The van der Waals surface area contributed by atoms with Gasteiger partial charge in [0.25, 0.3) is 0 Å². The quantitative estimate of drug-likeness (QED) is 0.312. The first-order valence-electron chi connectivity index (χ1n) is 8.66. The summed E-state index contributed by atoms with van der Waals surface area (Å²) in [6.45, 7) is 0. The highest BCUT2D eigenvalue weighted by Gasteiger charge is 2.12. The Labute approximate surface area is 179 Å². The molecule has 29 heavy (non-hydrogen) atoms. The number of anilines is 1. The molecule has 2 heterocycles. The number of benzene rings is 2. The molecule has 2 aromatic carbocycles. The van der Waals surface area contributed by atoms with E-state index in [0.717, 1.165) is 26.2 Å². The average molecular weight is 443 g/mol. The van der Waals surface area contributed by atoms with Crippen LogP contribution in [0.1, 0.15) is 11.3 Å². The van der Waals surface area contributed by atoms with Gasteiger partial charge in [0.2, 0.25) is 11.0 Å². The molecular weight excluding hydrogens is 427 g/mol. The molecule has 2 aromatic heterocycles. The number of hydrogen-bond acceptors (Lipinski definition) is 7. The molecule has 1 amide bonds. The van der Waals surface area contributed by atoms with E-state index in [1.165, 1.54) is 46.6 Å². The third-order valence-corrected chi connectivity index (χ3v) is 6.83. The number of amides is 1. The number of hydrogen-bond donors (Lipinski definition) is 1. The number of halogens is 1. The second kappa shape index (κ2) is 9.25. The Morgan fingerprint density at radius 2 is 1.86 bits per heavy atom. The second-order valence-corrected chi connectivity index (χ2v) is 9.08. The first kappa shape index (κ1) is 19.7.